The maximum Gasteiger partial charge on any atom is 0.311 e. The van der Waals surface area contributed by atoms with Gasteiger partial charge in [0.2, 0.25) is 0 Å². The minimum atomic E-state index is -1.02. The number of halogens is 2. The quantitative estimate of drug-likeness (QED) is 0.780. The molecule has 1 amide bonds. The van der Waals surface area contributed by atoms with Crippen molar-refractivity contribution in [3.63, 3.8) is 0 Å². The van der Waals surface area contributed by atoms with E-state index in [1.165, 1.54) is 19.1 Å². The number of anilines is 1. The molecule has 0 unspecified atom stereocenters. The number of aryl methyl sites for hydroxylation is 1. The fourth-order valence-corrected chi connectivity index (χ4v) is 2.41. The Morgan fingerprint density at radius 2 is 1.96 bits per heavy atom. The Morgan fingerprint density at radius 3 is 2.62 bits per heavy atom. The molecule has 2 aromatic carbocycles. The van der Waals surface area contributed by atoms with Crippen molar-refractivity contribution in [2.75, 3.05) is 5.32 Å². The van der Waals surface area contributed by atoms with Crippen LogP contribution >= 0.6 is 15.9 Å². The van der Waals surface area contributed by atoms with E-state index in [2.05, 4.69) is 21.2 Å². The molecule has 0 aliphatic rings. The molecule has 0 radical (unpaired) electrons. The van der Waals surface area contributed by atoms with E-state index < -0.39 is 23.8 Å². The van der Waals surface area contributed by atoms with Crippen LogP contribution in [0.2, 0.25) is 0 Å². The average molecular weight is 394 g/mol. The number of amides is 1. The zero-order valence-electron chi connectivity index (χ0n) is 13.3. The summed E-state index contributed by atoms with van der Waals surface area (Å²) < 4.78 is 19.4. The molecule has 24 heavy (non-hydrogen) atoms. The van der Waals surface area contributed by atoms with Crippen molar-refractivity contribution in [1.29, 1.82) is 0 Å². The maximum absolute atomic E-state index is 13.7. The molecule has 0 aliphatic carbocycles. The lowest BCUT2D eigenvalue weighted by atomic mass is 10.1. The smallest absolute Gasteiger partial charge is 0.311 e. The van der Waals surface area contributed by atoms with Gasteiger partial charge >= 0.3 is 5.97 Å². The van der Waals surface area contributed by atoms with E-state index in [1.54, 1.807) is 6.07 Å². The van der Waals surface area contributed by atoms with Crippen molar-refractivity contribution >= 4 is 33.5 Å². The molecule has 0 heterocycles. The molecule has 4 nitrogen and oxygen atoms in total. The number of carbonyl (C=O) groups excluding carboxylic acids is 2. The lowest BCUT2D eigenvalue weighted by molar-refractivity contribution is -0.152. The van der Waals surface area contributed by atoms with E-state index in [-0.39, 0.29) is 12.1 Å². The molecule has 1 atom stereocenters. The normalized spacial score (nSPS) is 11.7. The largest absolute Gasteiger partial charge is 0.452 e. The van der Waals surface area contributed by atoms with Crippen LogP contribution in [0.5, 0.6) is 0 Å². The van der Waals surface area contributed by atoms with Crippen LogP contribution in [-0.4, -0.2) is 18.0 Å². The zero-order valence-corrected chi connectivity index (χ0v) is 14.9. The molecule has 6 heteroatoms. The summed E-state index contributed by atoms with van der Waals surface area (Å²) in [7, 11) is 0. The van der Waals surface area contributed by atoms with Crippen LogP contribution < -0.4 is 5.32 Å². The van der Waals surface area contributed by atoms with E-state index in [4.69, 9.17) is 4.74 Å². The first-order valence-corrected chi connectivity index (χ1v) is 8.16. The number of benzene rings is 2. The van der Waals surface area contributed by atoms with E-state index in [0.717, 1.165) is 11.1 Å². The minimum Gasteiger partial charge on any atom is -0.452 e. The molecule has 2 aromatic rings. The van der Waals surface area contributed by atoms with Crippen LogP contribution in [0.1, 0.15) is 18.1 Å². The first-order chi connectivity index (χ1) is 11.4. The van der Waals surface area contributed by atoms with Gasteiger partial charge in [0, 0.05) is 4.47 Å². The van der Waals surface area contributed by atoms with Crippen LogP contribution in [0.4, 0.5) is 10.1 Å². The number of hydrogen-bond donors (Lipinski definition) is 1. The van der Waals surface area contributed by atoms with Gasteiger partial charge in [0.25, 0.3) is 5.91 Å². The van der Waals surface area contributed by atoms with Gasteiger partial charge in [-0.05, 0) is 43.2 Å². The van der Waals surface area contributed by atoms with Crippen molar-refractivity contribution in [2.45, 2.75) is 26.4 Å². The lowest BCUT2D eigenvalue weighted by Gasteiger charge is -2.14. The predicted octanol–water partition coefficient (Wildman–Crippen LogP) is 4.01. The monoisotopic (exact) mass is 393 g/mol. The first-order valence-electron chi connectivity index (χ1n) is 7.36. The Morgan fingerprint density at radius 1 is 1.25 bits per heavy atom. The van der Waals surface area contributed by atoms with Gasteiger partial charge in [-0.2, -0.15) is 0 Å². The van der Waals surface area contributed by atoms with Crippen molar-refractivity contribution in [3.8, 4) is 0 Å². The molecular weight excluding hydrogens is 377 g/mol. The van der Waals surface area contributed by atoms with Crippen LogP contribution in [0.15, 0.2) is 46.9 Å². The Labute approximate surface area is 148 Å². The summed E-state index contributed by atoms with van der Waals surface area (Å²) in [6, 6.07) is 11.7. The molecular formula is C18H17BrFNO3. The minimum absolute atomic E-state index is 0.0324. The second kappa shape index (κ2) is 8.06. The van der Waals surface area contributed by atoms with Gasteiger partial charge in [0.15, 0.2) is 6.10 Å². The molecule has 0 aromatic heterocycles. The average Bonchev–Trinajstić information content (AvgIpc) is 2.52. The third kappa shape index (κ3) is 4.89. The molecule has 0 spiro atoms. The number of carbonyl (C=O) groups is 2. The molecule has 0 aliphatic heterocycles. The zero-order chi connectivity index (χ0) is 17.7. The fourth-order valence-electron chi connectivity index (χ4n) is 2.08. The Bertz CT molecular complexity index is 764. The van der Waals surface area contributed by atoms with Gasteiger partial charge < -0.3 is 10.1 Å². The highest BCUT2D eigenvalue weighted by Gasteiger charge is 2.19. The van der Waals surface area contributed by atoms with Gasteiger partial charge in [-0.25, -0.2) is 4.39 Å². The van der Waals surface area contributed by atoms with Crippen molar-refractivity contribution in [3.05, 3.63) is 63.9 Å². The van der Waals surface area contributed by atoms with Crippen LogP contribution in [0, 0.1) is 12.7 Å². The van der Waals surface area contributed by atoms with Gasteiger partial charge in [-0.3, -0.25) is 9.59 Å². The summed E-state index contributed by atoms with van der Waals surface area (Å²) in [5.74, 6) is -1.67. The standard InChI is InChI=1S/C18H17BrFNO3/c1-11-5-3-4-6-13(11)9-17(22)24-12(2)18(23)21-16-8-7-14(19)10-15(16)20/h3-8,10,12H,9H2,1-2H3,(H,21,23)/t12-/m1/s1. The van der Waals surface area contributed by atoms with Crippen molar-refractivity contribution in [1.82, 2.24) is 0 Å². The summed E-state index contributed by atoms with van der Waals surface area (Å²) in [5, 5.41) is 2.41. The summed E-state index contributed by atoms with van der Waals surface area (Å²) in [6.45, 7) is 3.34. The van der Waals surface area contributed by atoms with E-state index >= 15 is 0 Å². The second-order valence-electron chi connectivity index (χ2n) is 5.35. The Kier molecular flexibility index (Phi) is 6.09. The molecule has 0 bridgehead atoms. The number of rotatable bonds is 5. The lowest BCUT2D eigenvalue weighted by Crippen LogP contribution is -2.30. The van der Waals surface area contributed by atoms with Gasteiger partial charge in [-0.15, -0.1) is 0 Å². The predicted molar refractivity (Wildman–Crippen MR) is 93.2 cm³/mol. The molecule has 1 N–H and O–H groups in total. The van der Waals surface area contributed by atoms with Crippen molar-refractivity contribution in [2.24, 2.45) is 0 Å². The molecule has 126 valence electrons. The van der Waals surface area contributed by atoms with E-state index in [1.807, 2.05) is 31.2 Å². The van der Waals surface area contributed by atoms with Gasteiger partial charge in [0.05, 0.1) is 12.1 Å². The number of esters is 1. The fraction of sp³-hybridized carbons (Fsp3) is 0.222. The van der Waals surface area contributed by atoms with Crippen molar-refractivity contribution < 1.29 is 18.7 Å². The van der Waals surface area contributed by atoms with E-state index in [0.29, 0.717) is 4.47 Å². The number of ether oxygens (including phenoxy) is 1. The van der Waals surface area contributed by atoms with Gasteiger partial charge in [0.1, 0.15) is 5.82 Å². The molecule has 0 saturated carbocycles. The highest BCUT2D eigenvalue weighted by Crippen LogP contribution is 2.19. The molecule has 0 saturated heterocycles. The maximum atomic E-state index is 13.7. The van der Waals surface area contributed by atoms with Crippen LogP contribution in [-0.2, 0) is 20.7 Å². The highest BCUT2D eigenvalue weighted by atomic mass is 79.9. The molecule has 2 rings (SSSR count). The van der Waals surface area contributed by atoms with Gasteiger partial charge in [-0.1, -0.05) is 40.2 Å². The third-order valence-electron chi connectivity index (χ3n) is 3.46. The Balaban J connectivity index is 1.93. The summed E-state index contributed by atoms with van der Waals surface area (Å²) in [4.78, 5) is 24.0. The van der Waals surface area contributed by atoms with Crippen LogP contribution in [0.3, 0.4) is 0 Å². The number of hydrogen-bond acceptors (Lipinski definition) is 3. The van der Waals surface area contributed by atoms with E-state index in [9.17, 15) is 14.0 Å². The third-order valence-corrected chi connectivity index (χ3v) is 3.96. The first kappa shape index (κ1) is 18.1. The summed E-state index contributed by atoms with van der Waals surface area (Å²) >= 11 is 3.14. The second-order valence-corrected chi connectivity index (χ2v) is 6.26. The highest BCUT2D eigenvalue weighted by molar-refractivity contribution is 9.10. The summed E-state index contributed by atoms with van der Waals surface area (Å²) in [5.41, 5.74) is 1.85. The molecule has 0 fully saturated rings. The SMILES string of the molecule is Cc1ccccc1CC(=O)O[C@H](C)C(=O)Nc1ccc(Br)cc1F. The Hall–Kier alpha value is -2.21. The topological polar surface area (TPSA) is 55.4 Å². The summed E-state index contributed by atoms with van der Waals surface area (Å²) in [6.07, 6.45) is -0.943. The van der Waals surface area contributed by atoms with Crippen LogP contribution in [0.25, 0.3) is 0 Å². The number of nitrogens with one attached hydrogen (secondary N) is 1.